The van der Waals surface area contributed by atoms with E-state index in [0.29, 0.717) is 5.92 Å². The number of nitrogens with zero attached hydrogens (tertiary/aromatic N) is 1. The van der Waals surface area contributed by atoms with Crippen LogP contribution in [0, 0.1) is 5.92 Å². The van der Waals surface area contributed by atoms with Crippen LogP contribution in [0.4, 0.5) is 0 Å². The Labute approximate surface area is 118 Å². The molecule has 2 rings (SSSR count). The van der Waals surface area contributed by atoms with E-state index in [2.05, 4.69) is 49.1 Å². The summed E-state index contributed by atoms with van der Waals surface area (Å²) in [5, 5.41) is 0. The maximum Gasteiger partial charge on any atom is 0.0333 e. The number of rotatable bonds is 5. The zero-order valence-corrected chi connectivity index (χ0v) is 12.4. The minimum atomic E-state index is 0.153. The van der Waals surface area contributed by atoms with Crippen LogP contribution in [0.1, 0.15) is 51.1 Å². The molecule has 106 valence electrons. The lowest BCUT2D eigenvalue weighted by Gasteiger charge is -2.38. The smallest absolute Gasteiger partial charge is 0.0333 e. The van der Waals surface area contributed by atoms with Gasteiger partial charge in [-0.25, -0.2) is 0 Å². The summed E-state index contributed by atoms with van der Waals surface area (Å²) in [6.07, 6.45) is 5.38. The van der Waals surface area contributed by atoms with E-state index in [9.17, 15) is 0 Å². The van der Waals surface area contributed by atoms with Crippen LogP contribution in [0.3, 0.4) is 0 Å². The van der Waals surface area contributed by atoms with Crippen LogP contribution in [0.25, 0.3) is 0 Å². The molecule has 0 saturated carbocycles. The molecule has 2 heteroatoms. The van der Waals surface area contributed by atoms with Gasteiger partial charge in [0.1, 0.15) is 0 Å². The van der Waals surface area contributed by atoms with Crippen LogP contribution < -0.4 is 5.73 Å². The summed E-state index contributed by atoms with van der Waals surface area (Å²) in [7, 11) is 0. The molecule has 1 aromatic carbocycles. The van der Waals surface area contributed by atoms with Gasteiger partial charge in [-0.3, -0.25) is 0 Å². The summed E-state index contributed by atoms with van der Waals surface area (Å²) in [5.41, 5.74) is 7.68. The molecule has 0 aliphatic carbocycles. The lowest BCUT2D eigenvalue weighted by molar-refractivity contribution is 0.119. The predicted octanol–water partition coefficient (Wildman–Crippen LogP) is 3.59. The lowest BCUT2D eigenvalue weighted by Crippen LogP contribution is -2.43. The average Bonchev–Trinajstić information content (AvgIpc) is 2.48. The number of nitrogens with two attached hydrogens (primary N) is 1. The molecule has 1 fully saturated rings. The van der Waals surface area contributed by atoms with Gasteiger partial charge in [0, 0.05) is 18.6 Å². The van der Waals surface area contributed by atoms with E-state index < -0.39 is 0 Å². The molecule has 1 aromatic rings. The Morgan fingerprint density at radius 1 is 1.26 bits per heavy atom. The van der Waals surface area contributed by atoms with Gasteiger partial charge in [-0.2, -0.15) is 0 Å². The van der Waals surface area contributed by atoms with Crippen LogP contribution in [-0.4, -0.2) is 24.0 Å². The number of hydrogen-bond donors (Lipinski definition) is 1. The molecule has 1 heterocycles. The molecule has 0 aromatic heterocycles. The van der Waals surface area contributed by atoms with Crippen molar-refractivity contribution in [3.63, 3.8) is 0 Å². The zero-order chi connectivity index (χ0) is 13.7. The van der Waals surface area contributed by atoms with Crippen molar-refractivity contribution in [1.82, 2.24) is 4.90 Å². The molecule has 0 radical (unpaired) electrons. The molecule has 0 spiro atoms. The fourth-order valence-electron chi connectivity index (χ4n) is 3.25. The highest BCUT2D eigenvalue weighted by atomic mass is 15.2. The topological polar surface area (TPSA) is 29.3 Å². The van der Waals surface area contributed by atoms with Crippen molar-refractivity contribution in [2.45, 2.75) is 51.6 Å². The van der Waals surface area contributed by atoms with Crippen molar-refractivity contribution in [3.8, 4) is 0 Å². The highest BCUT2D eigenvalue weighted by Gasteiger charge is 2.24. The van der Waals surface area contributed by atoms with Crippen LogP contribution in [0.2, 0.25) is 0 Å². The first-order valence-corrected chi connectivity index (χ1v) is 7.77. The van der Waals surface area contributed by atoms with Gasteiger partial charge in [0.05, 0.1) is 0 Å². The third-order valence-electron chi connectivity index (χ3n) is 4.54. The Morgan fingerprint density at radius 2 is 2.00 bits per heavy atom. The van der Waals surface area contributed by atoms with Gasteiger partial charge < -0.3 is 10.6 Å². The Kier molecular flexibility index (Phi) is 5.41. The van der Waals surface area contributed by atoms with Crippen LogP contribution in [0.5, 0.6) is 0 Å². The van der Waals surface area contributed by atoms with Crippen molar-refractivity contribution in [2.24, 2.45) is 11.7 Å². The Morgan fingerprint density at radius 3 is 2.68 bits per heavy atom. The fraction of sp³-hybridized carbons (Fsp3) is 0.647. The largest absolute Gasteiger partial charge is 0.324 e. The summed E-state index contributed by atoms with van der Waals surface area (Å²) in [5.74, 6) is 0.509. The highest BCUT2D eigenvalue weighted by Crippen LogP contribution is 2.25. The lowest BCUT2D eigenvalue weighted by atomic mass is 9.92. The second kappa shape index (κ2) is 7.06. The van der Waals surface area contributed by atoms with Gasteiger partial charge in [-0.1, -0.05) is 50.6 Å². The van der Waals surface area contributed by atoms with E-state index in [1.54, 1.807) is 0 Å². The van der Waals surface area contributed by atoms with E-state index in [4.69, 9.17) is 5.73 Å². The Balaban J connectivity index is 1.94. The van der Waals surface area contributed by atoms with Crippen molar-refractivity contribution >= 4 is 0 Å². The fourth-order valence-corrected chi connectivity index (χ4v) is 3.25. The second-order valence-electron chi connectivity index (χ2n) is 5.97. The van der Waals surface area contributed by atoms with Crippen molar-refractivity contribution in [1.29, 1.82) is 0 Å². The maximum atomic E-state index is 6.42. The van der Waals surface area contributed by atoms with E-state index in [1.165, 1.54) is 37.8 Å². The molecular weight excluding hydrogens is 232 g/mol. The van der Waals surface area contributed by atoms with E-state index >= 15 is 0 Å². The molecular formula is C17H28N2. The van der Waals surface area contributed by atoms with Gasteiger partial charge in [-0.05, 0) is 37.3 Å². The van der Waals surface area contributed by atoms with Crippen molar-refractivity contribution < 1.29 is 0 Å². The highest BCUT2D eigenvalue weighted by molar-refractivity contribution is 5.19. The molecule has 0 amide bonds. The first-order valence-electron chi connectivity index (χ1n) is 7.77. The minimum absolute atomic E-state index is 0.153. The SMILES string of the molecule is CCC1CCCCN1CC(C)C(N)c1ccccc1. The van der Waals surface area contributed by atoms with Crippen molar-refractivity contribution in [3.05, 3.63) is 35.9 Å². The molecule has 2 nitrogen and oxygen atoms in total. The van der Waals surface area contributed by atoms with Crippen LogP contribution in [0.15, 0.2) is 30.3 Å². The average molecular weight is 260 g/mol. The zero-order valence-electron chi connectivity index (χ0n) is 12.4. The van der Waals surface area contributed by atoms with E-state index in [0.717, 1.165) is 12.6 Å². The molecule has 0 bridgehead atoms. The van der Waals surface area contributed by atoms with Gasteiger partial charge in [-0.15, -0.1) is 0 Å². The standard InChI is InChI=1S/C17H28N2/c1-3-16-11-7-8-12-19(16)13-14(2)17(18)15-9-5-4-6-10-15/h4-6,9-10,14,16-17H,3,7-8,11-13,18H2,1-2H3. The molecule has 3 atom stereocenters. The third kappa shape index (κ3) is 3.80. The monoisotopic (exact) mass is 260 g/mol. The summed E-state index contributed by atoms with van der Waals surface area (Å²) >= 11 is 0. The van der Waals surface area contributed by atoms with Crippen molar-refractivity contribution in [2.75, 3.05) is 13.1 Å². The number of piperidine rings is 1. The first-order chi connectivity index (χ1) is 9.22. The van der Waals surface area contributed by atoms with E-state index in [1.807, 2.05) is 0 Å². The molecule has 2 N–H and O–H groups in total. The van der Waals surface area contributed by atoms with Gasteiger partial charge in [0.15, 0.2) is 0 Å². The molecule has 1 aliphatic heterocycles. The number of benzene rings is 1. The normalized spacial score (nSPS) is 24.1. The summed E-state index contributed by atoms with van der Waals surface area (Å²) < 4.78 is 0. The quantitative estimate of drug-likeness (QED) is 0.876. The summed E-state index contributed by atoms with van der Waals surface area (Å²) in [4.78, 5) is 2.66. The first kappa shape index (κ1) is 14.5. The van der Waals surface area contributed by atoms with E-state index in [-0.39, 0.29) is 6.04 Å². The minimum Gasteiger partial charge on any atom is -0.324 e. The third-order valence-corrected chi connectivity index (χ3v) is 4.54. The predicted molar refractivity (Wildman–Crippen MR) is 82.0 cm³/mol. The van der Waals surface area contributed by atoms with Crippen LogP contribution >= 0.6 is 0 Å². The molecule has 19 heavy (non-hydrogen) atoms. The number of hydrogen-bond acceptors (Lipinski definition) is 2. The Bertz CT molecular complexity index is 363. The van der Waals surface area contributed by atoms with Crippen LogP contribution in [-0.2, 0) is 0 Å². The summed E-state index contributed by atoms with van der Waals surface area (Å²) in [6.45, 7) is 6.99. The molecule has 3 unspecified atom stereocenters. The van der Waals surface area contributed by atoms with Gasteiger partial charge in [0.2, 0.25) is 0 Å². The second-order valence-corrected chi connectivity index (χ2v) is 5.97. The molecule has 1 aliphatic rings. The summed E-state index contributed by atoms with van der Waals surface area (Å²) in [6, 6.07) is 11.4. The van der Waals surface area contributed by atoms with Gasteiger partial charge in [0.25, 0.3) is 0 Å². The van der Waals surface area contributed by atoms with Gasteiger partial charge >= 0.3 is 0 Å². The Hall–Kier alpha value is -0.860. The number of likely N-dealkylation sites (tertiary alicyclic amines) is 1. The maximum absolute atomic E-state index is 6.42. The molecule has 1 saturated heterocycles.